The van der Waals surface area contributed by atoms with Crippen LogP contribution in [0.15, 0.2) is 59.7 Å². The van der Waals surface area contributed by atoms with E-state index in [1.807, 2.05) is 28.2 Å². The van der Waals surface area contributed by atoms with Crippen molar-refractivity contribution >= 4 is 29.3 Å². The Labute approximate surface area is 169 Å². The van der Waals surface area contributed by atoms with E-state index in [9.17, 15) is 4.79 Å². The molecule has 0 heterocycles. The molecule has 0 radical (unpaired) electrons. The van der Waals surface area contributed by atoms with Gasteiger partial charge in [-0.3, -0.25) is 4.79 Å². The van der Waals surface area contributed by atoms with Crippen LogP contribution in [0.2, 0.25) is 0 Å². The molecular weight excluding hydrogens is 344 g/mol. The van der Waals surface area contributed by atoms with E-state index in [1.165, 1.54) is 0 Å². The minimum absolute atomic E-state index is 0.187. The average Bonchev–Trinajstić information content (AvgIpc) is 2.68. The summed E-state index contributed by atoms with van der Waals surface area (Å²) in [7, 11) is 8.12. The largest absolute Gasteiger partial charge is 0.378 e. The van der Waals surface area contributed by atoms with Crippen LogP contribution >= 0.6 is 0 Å². The summed E-state index contributed by atoms with van der Waals surface area (Å²) in [6.07, 6.45) is 5.96. The van der Waals surface area contributed by atoms with Gasteiger partial charge in [-0.2, -0.15) is 0 Å². The van der Waals surface area contributed by atoms with Crippen molar-refractivity contribution in [3.8, 4) is 0 Å². The third-order valence-electron chi connectivity index (χ3n) is 5.41. The highest BCUT2D eigenvalue weighted by Gasteiger charge is 2.26. The minimum Gasteiger partial charge on any atom is -0.378 e. The molecular formula is C25H30N2O. The molecule has 3 nitrogen and oxygen atoms in total. The van der Waals surface area contributed by atoms with Gasteiger partial charge in [0.25, 0.3) is 0 Å². The van der Waals surface area contributed by atoms with E-state index in [4.69, 9.17) is 0 Å². The van der Waals surface area contributed by atoms with E-state index in [1.54, 1.807) is 0 Å². The van der Waals surface area contributed by atoms with Gasteiger partial charge in [-0.25, -0.2) is 0 Å². The highest BCUT2D eigenvalue weighted by atomic mass is 16.1. The zero-order valence-electron chi connectivity index (χ0n) is 17.6. The highest BCUT2D eigenvalue weighted by molar-refractivity contribution is 6.14. The van der Waals surface area contributed by atoms with Crippen LogP contribution < -0.4 is 9.80 Å². The van der Waals surface area contributed by atoms with Crippen molar-refractivity contribution in [2.75, 3.05) is 38.0 Å². The standard InChI is InChI=1S/C25H30N2O/c1-18-6-11-21(16-19-7-12-22(13-8-19)26(2)3)25(28)24(18)17-20-9-14-23(15-10-20)27(4)5/h7-10,12-18H,6,11H2,1-5H3/b21-16+,24-17-. The SMILES string of the molecule is CC1CC/C(=C\c2ccc(N(C)C)cc2)C(=O)/C1=C\c1ccc(N(C)C)cc1. The maximum atomic E-state index is 13.1. The molecule has 1 unspecified atom stereocenters. The van der Waals surface area contributed by atoms with Crippen molar-refractivity contribution in [1.82, 2.24) is 0 Å². The summed E-state index contributed by atoms with van der Waals surface area (Å²) < 4.78 is 0. The number of benzene rings is 2. The van der Waals surface area contributed by atoms with E-state index >= 15 is 0 Å². The predicted octanol–water partition coefficient (Wildman–Crippen LogP) is 5.28. The van der Waals surface area contributed by atoms with Gasteiger partial charge in [-0.1, -0.05) is 31.2 Å². The van der Waals surface area contributed by atoms with Crippen molar-refractivity contribution in [2.24, 2.45) is 5.92 Å². The van der Waals surface area contributed by atoms with E-state index in [0.29, 0.717) is 0 Å². The first-order valence-corrected chi connectivity index (χ1v) is 9.87. The third kappa shape index (κ3) is 4.53. The van der Waals surface area contributed by atoms with E-state index in [0.717, 1.165) is 46.5 Å². The number of allylic oxidation sites excluding steroid dienone is 2. The molecule has 0 aliphatic heterocycles. The Morgan fingerprint density at radius 2 is 1.25 bits per heavy atom. The van der Waals surface area contributed by atoms with Crippen molar-refractivity contribution in [2.45, 2.75) is 19.8 Å². The zero-order chi connectivity index (χ0) is 20.3. The molecule has 2 aromatic rings. The molecule has 1 aliphatic rings. The normalized spacial score (nSPS) is 19.9. The Bertz CT molecular complexity index is 887. The number of nitrogens with zero attached hydrogens (tertiary/aromatic N) is 2. The molecule has 1 saturated carbocycles. The number of anilines is 2. The van der Waals surface area contributed by atoms with Crippen LogP contribution in [0.4, 0.5) is 11.4 Å². The van der Waals surface area contributed by atoms with Gasteiger partial charge < -0.3 is 9.80 Å². The van der Waals surface area contributed by atoms with Crippen LogP contribution in [0.25, 0.3) is 12.2 Å². The molecule has 0 amide bonds. The lowest BCUT2D eigenvalue weighted by atomic mass is 9.80. The number of hydrogen-bond acceptors (Lipinski definition) is 3. The molecule has 1 fully saturated rings. The molecule has 2 aromatic carbocycles. The molecule has 1 aliphatic carbocycles. The Morgan fingerprint density at radius 3 is 1.71 bits per heavy atom. The quantitative estimate of drug-likeness (QED) is 0.680. The maximum Gasteiger partial charge on any atom is 0.185 e. The molecule has 146 valence electrons. The van der Waals surface area contributed by atoms with E-state index < -0.39 is 0 Å². The molecule has 0 bridgehead atoms. The molecule has 0 aromatic heterocycles. The van der Waals surface area contributed by atoms with Gasteiger partial charge in [0.2, 0.25) is 0 Å². The van der Waals surface area contributed by atoms with Gasteiger partial charge in [0.15, 0.2) is 5.78 Å². The lowest BCUT2D eigenvalue weighted by Crippen LogP contribution is -2.19. The fourth-order valence-corrected chi connectivity index (χ4v) is 3.51. The molecule has 1 atom stereocenters. The maximum absolute atomic E-state index is 13.1. The van der Waals surface area contributed by atoms with Crippen molar-refractivity contribution in [3.63, 3.8) is 0 Å². The van der Waals surface area contributed by atoms with Gasteiger partial charge in [-0.15, -0.1) is 0 Å². The van der Waals surface area contributed by atoms with Gasteiger partial charge >= 0.3 is 0 Å². The first-order valence-electron chi connectivity index (χ1n) is 9.87. The predicted molar refractivity (Wildman–Crippen MR) is 121 cm³/mol. The Morgan fingerprint density at radius 1 is 0.786 bits per heavy atom. The van der Waals surface area contributed by atoms with Crippen molar-refractivity contribution in [3.05, 3.63) is 70.8 Å². The second kappa shape index (κ2) is 8.47. The third-order valence-corrected chi connectivity index (χ3v) is 5.41. The lowest BCUT2D eigenvalue weighted by molar-refractivity contribution is -0.113. The summed E-state index contributed by atoms with van der Waals surface area (Å²) in [5.74, 6) is 0.474. The van der Waals surface area contributed by atoms with Crippen LogP contribution in [0.5, 0.6) is 0 Å². The van der Waals surface area contributed by atoms with Crippen LogP contribution in [0.3, 0.4) is 0 Å². The first kappa shape index (κ1) is 19.9. The number of rotatable bonds is 4. The zero-order valence-corrected chi connectivity index (χ0v) is 17.6. The smallest absolute Gasteiger partial charge is 0.185 e. The van der Waals surface area contributed by atoms with Crippen molar-refractivity contribution in [1.29, 1.82) is 0 Å². The Hall–Kier alpha value is -2.81. The molecule has 0 saturated heterocycles. The number of Topliss-reactive ketones (excluding diaryl/α,β-unsaturated/α-hetero) is 1. The van der Waals surface area contributed by atoms with Gasteiger partial charge in [-0.05, 0) is 66.3 Å². The van der Waals surface area contributed by atoms with Gasteiger partial charge in [0, 0.05) is 50.7 Å². The molecule has 3 rings (SSSR count). The minimum atomic E-state index is 0.187. The fraction of sp³-hybridized carbons (Fsp3) is 0.320. The summed E-state index contributed by atoms with van der Waals surface area (Å²) in [6.45, 7) is 2.15. The van der Waals surface area contributed by atoms with E-state index in [2.05, 4.69) is 77.4 Å². The van der Waals surface area contributed by atoms with Gasteiger partial charge in [0.1, 0.15) is 0 Å². The number of carbonyl (C=O) groups is 1. The molecule has 28 heavy (non-hydrogen) atoms. The Balaban J connectivity index is 1.85. The summed E-state index contributed by atoms with van der Waals surface area (Å²) in [5, 5.41) is 0. The molecule has 0 spiro atoms. The number of ketones is 1. The monoisotopic (exact) mass is 374 g/mol. The first-order chi connectivity index (χ1) is 13.3. The fourth-order valence-electron chi connectivity index (χ4n) is 3.51. The van der Waals surface area contributed by atoms with Gasteiger partial charge in [0.05, 0.1) is 0 Å². The Kier molecular flexibility index (Phi) is 6.03. The number of carbonyl (C=O) groups excluding carboxylic acids is 1. The topological polar surface area (TPSA) is 23.6 Å². The van der Waals surface area contributed by atoms with Crippen LogP contribution in [0.1, 0.15) is 30.9 Å². The van der Waals surface area contributed by atoms with Crippen molar-refractivity contribution < 1.29 is 4.79 Å². The molecule has 0 N–H and O–H groups in total. The highest BCUT2D eigenvalue weighted by Crippen LogP contribution is 2.33. The lowest BCUT2D eigenvalue weighted by Gasteiger charge is -2.23. The summed E-state index contributed by atoms with van der Waals surface area (Å²) in [5.41, 5.74) is 6.31. The average molecular weight is 375 g/mol. The van der Waals surface area contributed by atoms with E-state index in [-0.39, 0.29) is 11.7 Å². The second-order valence-corrected chi connectivity index (χ2v) is 8.01. The summed E-state index contributed by atoms with van der Waals surface area (Å²) in [6, 6.07) is 16.7. The van der Waals surface area contributed by atoms with Crippen LogP contribution in [0, 0.1) is 5.92 Å². The summed E-state index contributed by atoms with van der Waals surface area (Å²) >= 11 is 0. The van der Waals surface area contributed by atoms with Crippen LogP contribution in [-0.2, 0) is 4.79 Å². The summed E-state index contributed by atoms with van der Waals surface area (Å²) in [4.78, 5) is 17.3. The second-order valence-electron chi connectivity index (χ2n) is 8.01. The van der Waals surface area contributed by atoms with Crippen LogP contribution in [-0.4, -0.2) is 34.0 Å². The number of hydrogen-bond donors (Lipinski definition) is 0. The molecule has 3 heteroatoms.